The van der Waals surface area contributed by atoms with Crippen molar-refractivity contribution < 1.29 is 9.90 Å². The van der Waals surface area contributed by atoms with Gasteiger partial charge in [0.15, 0.2) is 0 Å². The molecule has 3 aromatic heterocycles. The van der Waals surface area contributed by atoms with E-state index in [9.17, 15) is 4.79 Å². The van der Waals surface area contributed by atoms with Gasteiger partial charge in [-0.05, 0) is 24.3 Å². The number of aromatic nitrogens is 4. The monoisotopic (exact) mass is 292 g/mol. The average Bonchev–Trinajstić information content (AvgIpc) is 3.10. The van der Waals surface area contributed by atoms with Crippen molar-refractivity contribution in [2.75, 3.05) is 0 Å². The zero-order chi connectivity index (χ0) is 15.4. The van der Waals surface area contributed by atoms with Crippen molar-refractivity contribution in [1.29, 1.82) is 0 Å². The Hall–Kier alpha value is -3.28. The van der Waals surface area contributed by atoms with Gasteiger partial charge in [-0.3, -0.25) is 9.97 Å². The Bertz CT molecular complexity index is 865. The summed E-state index contributed by atoms with van der Waals surface area (Å²) < 4.78 is 0. The minimum atomic E-state index is -0.984. The van der Waals surface area contributed by atoms with Crippen LogP contribution in [0.4, 0.5) is 0 Å². The summed E-state index contributed by atoms with van der Waals surface area (Å²) >= 11 is 0. The molecule has 6 nitrogen and oxygen atoms in total. The predicted molar refractivity (Wildman–Crippen MR) is 82.6 cm³/mol. The Kier molecular flexibility index (Phi) is 3.74. The van der Waals surface area contributed by atoms with Crippen LogP contribution in [0.2, 0.25) is 0 Å². The van der Waals surface area contributed by atoms with Crippen LogP contribution in [-0.2, 0) is 0 Å². The Balaban J connectivity index is 0.000000154. The summed E-state index contributed by atoms with van der Waals surface area (Å²) in [6.45, 7) is 0. The molecule has 0 spiro atoms. The molecular formula is C16H12N4O2. The van der Waals surface area contributed by atoms with Gasteiger partial charge in [-0.25, -0.2) is 9.78 Å². The standard InChI is InChI=1S/C12H8N2.C4H4N2O2/c1-3-9-5-6-11-10(4-2-7-13-11)12(9)14-8-1;7-4(8)3-1-5-2-6-3/h1-8H;1-2H,(H,5,6)(H,7,8). The lowest BCUT2D eigenvalue weighted by molar-refractivity contribution is 0.0691. The normalized spacial score (nSPS) is 10.2. The molecule has 0 aliphatic rings. The van der Waals surface area contributed by atoms with E-state index in [2.05, 4.69) is 38.1 Å². The molecule has 0 aliphatic heterocycles. The number of pyridine rings is 2. The predicted octanol–water partition coefficient (Wildman–Crippen LogP) is 2.89. The number of carbonyl (C=O) groups is 1. The lowest BCUT2D eigenvalue weighted by Crippen LogP contribution is -1.94. The molecule has 0 aliphatic carbocycles. The second-order valence-corrected chi connectivity index (χ2v) is 4.48. The third-order valence-corrected chi connectivity index (χ3v) is 3.08. The van der Waals surface area contributed by atoms with Crippen LogP contribution in [-0.4, -0.2) is 31.0 Å². The van der Waals surface area contributed by atoms with Gasteiger partial charge >= 0.3 is 5.97 Å². The van der Waals surface area contributed by atoms with Gasteiger partial charge in [0.25, 0.3) is 0 Å². The van der Waals surface area contributed by atoms with Crippen LogP contribution in [0.15, 0.2) is 61.3 Å². The van der Waals surface area contributed by atoms with Crippen molar-refractivity contribution in [2.45, 2.75) is 0 Å². The van der Waals surface area contributed by atoms with Gasteiger partial charge in [-0.2, -0.15) is 0 Å². The second-order valence-electron chi connectivity index (χ2n) is 4.48. The Morgan fingerprint density at radius 1 is 1.05 bits per heavy atom. The van der Waals surface area contributed by atoms with Gasteiger partial charge in [-0.1, -0.05) is 12.1 Å². The third kappa shape index (κ3) is 2.76. The topological polar surface area (TPSA) is 91.8 Å². The quantitative estimate of drug-likeness (QED) is 0.526. The number of benzene rings is 1. The molecule has 108 valence electrons. The molecule has 22 heavy (non-hydrogen) atoms. The Morgan fingerprint density at radius 2 is 1.86 bits per heavy atom. The van der Waals surface area contributed by atoms with Crippen LogP contribution < -0.4 is 0 Å². The number of aromatic amines is 1. The molecule has 0 saturated heterocycles. The second kappa shape index (κ2) is 6.01. The molecule has 0 unspecified atom stereocenters. The Labute approximate surface area is 125 Å². The fourth-order valence-corrected chi connectivity index (χ4v) is 2.07. The van der Waals surface area contributed by atoms with Crippen molar-refractivity contribution >= 4 is 27.8 Å². The number of imidazole rings is 1. The minimum absolute atomic E-state index is 0.116. The van der Waals surface area contributed by atoms with Crippen molar-refractivity contribution in [1.82, 2.24) is 19.9 Å². The van der Waals surface area contributed by atoms with E-state index >= 15 is 0 Å². The van der Waals surface area contributed by atoms with Crippen molar-refractivity contribution in [3.63, 3.8) is 0 Å². The largest absolute Gasteiger partial charge is 0.477 e. The number of fused-ring (bicyclic) bond motifs is 3. The molecule has 0 atom stereocenters. The van der Waals surface area contributed by atoms with E-state index < -0.39 is 5.97 Å². The van der Waals surface area contributed by atoms with E-state index in [1.165, 1.54) is 12.5 Å². The molecule has 0 fully saturated rings. The van der Waals surface area contributed by atoms with E-state index in [0.29, 0.717) is 0 Å². The number of hydrogen-bond acceptors (Lipinski definition) is 4. The summed E-state index contributed by atoms with van der Waals surface area (Å²) in [5, 5.41) is 10.5. The fourth-order valence-electron chi connectivity index (χ4n) is 2.07. The summed E-state index contributed by atoms with van der Waals surface area (Å²) in [7, 11) is 0. The van der Waals surface area contributed by atoms with Gasteiger partial charge in [0.05, 0.1) is 23.6 Å². The van der Waals surface area contributed by atoms with Crippen molar-refractivity contribution in [2.24, 2.45) is 0 Å². The first-order valence-corrected chi connectivity index (χ1v) is 6.56. The first kappa shape index (κ1) is 13.7. The van der Waals surface area contributed by atoms with Crippen LogP contribution >= 0.6 is 0 Å². The summed E-state index contributed by atoms with van der Waals surface area (Å²) in [5.41, 5.74) is 2.14. The molecule has 1 aromatic carbocycles. The van der Waals surface area contributed by atoms with E-state index in [1.807, 2.05) is 24.4 Å². The minimum Gasteiger partial charge on any atom is -0.477 e. The van der Waals surface area contributed by atoms with Crippen molar-refractivity contribution in [3.05, 3.63) is 67.0 Å². The average molecular weight is 292 g/mol. The van der Waals surface area contributed by atoms with E-state index in [4.69, 9.17) is 5.11 Å². The molecule has 0 amide bonds. The molecular weight excluding hydrogens is 280 g/mol. The van der Waals surface area contributed by atoms with Gasteiger partial charge in [0, 0.05) is 23.2 Å². The number of nitrogens with zero attached hydrogens (tertiary/aromatic N) is 3. The van der Waals surface area contributed by atoms with E-state index in [1.54, 1.807) is 6.20 Å². The number of aromatic carboxylic acids is 1. The number of nitrogens with one attached hydrogen (secondary N) is 1. The summed E-state index contributed by atoms with van der Waals surface area (Å²) in [6, 6.07) is 12.1. The van der Waals surface area contributed by atoms with Crippen LogP contribution in [0.1, 0.15) is 10.5 Å². The highest BCUT2D eigenvalue weighted by Crippen LogP contribution is 2.20. The first-order valence-electron chi connectivity index (χ1n) is 6.56. The summed E-state index contributed by atoms with van der Waals surface area (Å²) in [5.74, 6) is -0.984. The highest BCUT2D eigenvalue weighted by atomic mass is 16.4. The van der Waals surface area contributed by atoms with Gasteiger partial charge in [0.2, 0.25) is 0 Å². The summed E-state index contributed by atoms with van der Waals surface area (Å²) in [6.07, 6.45) is 6.19. The number of H-pyrrole nitrogens is 1. The number of rotatable bonds is 1. The lowest BCUT2D eigenvalue weighted by atomic mass is 10.1. The molecule has 6 heteroatoms. The smallest absolute Gasteiger partial charge is 0.353 e. The summed E-state index contributed by atoms with van der Waals surface area (Å²) in [4.78, 5) is 24.6. The molecule has 0 saturated carbocycles. The first-order chi connectivity index (χ1) is 10.8. The maximum absolute atomic E-state index is 9.99. The Morgan fingerprint density at radius 3 is 2.59 bits per heavy atom. The maximum Gasteiger partial charge on any atom is 0.353 e. The molecule has 3 heterocycles. The number of hydrogen-bond donors (Lipinski definition) is 2. The van der Waals surface area contributed by atoms with Crippen LogP contribution in [0.25, 0.3) is 21.8 Å². The zero-order valence-electron chi connectivity index (χ0n) is 11.5. The molecule has 2 N–H and O–H groups in total. The van der Waals surface area contributed by atoms with Crippen LogP contribution in [0, 0.1) is 0 Å². The highest BCUT2D eigenvalue weighted by molar-refractivity contribution is 6.03. The fraction of sp³-hybridized carbons (Fsp3) is 0. The number of carboxylic acids is 1. The van der Waals surface area contributed by atoms with Gasteiger partial charge in [0.1, 0.15) is 5.69 Å². The lowest BCUT2D eigenvalue weighted by Gasteiger charge is -2.00. The van der Waals surface area contributed by atoms with Gasteiger partial charge < -0.3 is 10.1 Å². The van der Waals surface area contributed by atoms with Crippen LogP contribution in [0.5, 0.6) is 0 Å². The zero-order valence-corrected chi connectivity index (χ0v) is 11.5. The third-order valence-electron chi connectivity index (χ3n) is 3.08. The molecule has 0 bridgehead atoms. The highest BCUT2D eigenvalue weighted by Gasteiger charge is 2.00. The van der Waals surface area contributed by atoms with E-state index in [0.717, 1.165) is 21.8 Å². The van der Waals surface area contributed by atoms with Gasteiger partial charge in [-0.15, -0.1) is 0 Å². The molecule has 0 radical (unpaired) electrons. The SMILES string of the molecule is O=C(O)c1cnc[nH]1.c1cnc2c(c1)ccc1ncccc12. The maximum atomic E-state index is 9.99. The van der Waals surface area contributed by atoms with Crippen LogP contribution in [0.3, 0.4) is 0 Å². The van der Waals surface area contributed by atoms with Crippen molar-refractivity contribution in [3.8, 4) is 0 Å². The molecule has 4 rings (SSSR count). The molecule has 4 aromatic rings. The van der Waals surface area contributed by atoms with E-state index in [-0.39, 0.29) is 5.69 Å². The number of carboxylic acid groups (broad SMARTS) is 1.